The Morgan fingerprint density at radius 2 is 1.30 bits per heavy atom. The number of nitrogens with zero attached hydrogens (tertiary/aromatic N) is 1. The van der Waals surface area contributed by atoms with Crippen LogP contribution in [0.2, 0.25) is 0 Å². The van der Waals surface area contributed by atoms with E-state index in [-0.39, 0.29) is 21.2 Å². The van der Waals surface area contributed by atoms with Crippen LogP contribution >= 0.6 is 0 Å². The molecule has 0 unspecified atom stereocenters. The van der Waals surface area contributed by atoms with Gasteiger partial charge in [-0.25, -0.2) is 8.42 Å². The molecular weight excluding hydrogens is 460 g/mol. The second-order valence-electron chi connectivity index (χ2n) is 7.76. The van der Waals surface area contributed by atoms with Gasteiger partial charge in [0.1, 0.15) is 10.6 Å². The van der Waals surface area contributed by atoms with Gasteiger partial charge in [0.2, 0.25) is 0 Å². The standard InChI is InChI=1S/C24H22N2O5S2/c1-16-4-10-21(11-5-16)32(27,28)26-23-15-20(14-19-9-8-18(3)25-24(19)23)31-33(29,30)22-12-6-17(2)7-13-22/h4-15,26H,1-3H3. The second kappa shape index (κ2) is 8.49. The van der Waals surface area contributed by atoms with Crippen LogP contribution in [0.3, 0.4) is 0 Å². The van der Waals surface area contributed by atoms with Crippen LogP contribution in [0.15, 0.2) is 82.6 Å². The SMILES string of the molecule is Cc1ccc(S(=O)(=O)Nc2cc(OS(=O)(=O)c3ccc(C)cc3)cc3ccc(C)nc23)cc1. The first kappa shape index (κ1) is 22.8. The summed E-state index contributed by atoms with van der Waals surface area (Å²) in [7, 11) is -8.07. The fourth-order valence-corrected chi connectivity index (χ4v) is 5.20. The van der Waals surface area contributed by atoms with Gasteiger partial charge in [-0.15, -0.1) is 0 Å². The number of aryl methyl sites for hydroxylation is 3. The van der Waals surface area contributed by atoms with E-state index in [1.54, 1.807) is 43.3 Å². The maximum absolute atomic E-state index is 13.0. The highest BCUT2D eigenvalue weighted by molar-refractivity contribution is 7.92. The zero-order chi connectivity index (χ0) is 23.8. The predicted octanol–water partition coefficient (Wildman–Crippen LogP) is 4.73. The van der Waals surface area contributed by atoms with Gasteiger partial charge < -0.3 is 4.18 Å². The lowest BCUT2D eigenvalue weighted by Crippen LogP contribution is -2.14. The molecule has 170 valence electrons. The third-order valence-corrected chi connectivity index (χ3v) is 7.64. The fraction of sp³-hybridized carbons (Fsp3) is 0.125. The zero-order valence-corrected chi connectivity index (χ0v) is 19.9. The van der Waals surface area contributed by atoms with E-state index in [1.165, 1.54) is 36.4 Å². The molecule has 0 bridgehead atoms. The molecule has 4 aromatic rings. The molecule has 0 saturated carbocycles. The maximum Gasteiger partial charge on any atom is 0.339 e. The summed E-state index contributed by atoms with van der Waals surface area (Å²) in [6, 6.07) is 19.0. The first-order chi connectivity index (χ1) is 15.5. The molecule has 0 radical (unpaired) electrons. The number of rotatable bonds is 6. The van der Waals surface area contributed by atoms with Crippen LogP contribution in [0.5, 0.6) is 5.75 Å². The van der Waals surface area contributed by atoms with Gasteiger partial charge in [-0.2, -0.15) is 8.42 Å². The number of hydrogen-bond acceptors (Lipinski definition) is 6. The highest BCUT2D eigenvalue weighted by Crippen LogP contribution is 2.32. The molecule has 0 aliphatic rings. The molecule has 7 nitrogen and oxygen atoms in total. The van der Waals surface area contributed by atoms with Crippen LogP contribution in [0, 0.1) is 20.8 Å². The summed E-state index contributed by atoms with van der Waals surface area (Å²) in [6.45, 7) is 5.49. The minimum atomic E-state index is -4.12. The quantitative estimate of drug-likeness (QED) is 0.399. The van der Waals surface area contributed by atoms with E-state index in [2.05, 4.69) is 9.71 Å². The molecule has 1 aromatic heterocycles. The molecule has 1 N–H and O–H groups in total. The average Bonchev–Trinajstić information content (AvgIpc) is 2.74. The van der Waals surface area contributed by atoms with E-state index >= 15 is 0 Å². The Hall–Kier alpha value is -3.43. The lowest BCUT2D eigenvalue weighted by molar-refractivity contribution is 0.486. The maximum atomic E-state index is 13.0. The van der Waals surface area contributed by atoms with E-state index in [4.69, 9.17) is 4.18 Å². The van der Waals surface area contributed by atoms with Gasteiger partial charge in [-0.1, -0.05) is 41.5 Å². The Kier molecular flexibility index (Phi) is 5.85. The van der Waals surface area contributed by atoms with Gasteiger partial charge >= 0.3 is 10.1 Å². The molecule has 1 heterocycles. The molecule has 0 fully saturated rings. The van der Waals surface area contributed by atoms with Crippen molar-refractivity contribution in [1.82, 2.24) is 4.98 Å². The van der Waals surface area contributed by atoms with E-state index < -0.39 is 20.1 Å². The summed E-state index contributed by atoms with van der Waals surface area (Å²) < 4.78 is 59.4. The Bertz CT molecular complexity index is 1550. The number of fused-ring (bicyclic) bond motifs is 1. The summed E-state index contributed by atoms with van der Waals surface area (Å²) >= 11 is 0. The molecule has 0 saturated heterocycles. The van der Waals surface area contributed by atoms with Crippen molar-refractivity contribution in [3.8, 4) is 5.75 Å². The molecule has 33 heavy (non-hydrogen) atoms. The number of nitrogens with one attached hydrogen (secondary N) is 1. The normalized spacial score (nSPS) is 12.0. The van der Waals surface area contributed by atoms with E-state index in [1.807, 2.05) is 13.8 Å². The van der Waals surface area contributed by atoms with Gasteiger partial charge in [0, 0.05) is 17.1 Å². The van der Waals surface area contributed by atoms with Gasteiger partial charge in [0.25, 0.3) is 10.0 Å². The van der Waals surface area contributed by atoms with Crippen molar-refractivity contribution in [2.45, 2.75) is 30.6 Å². The van der Waals surface area contributed by atoms with Crippen molar-refractivity contribution in [2.75, 3.05) is 4.72 Å². The van der Waals surface area contributed by atoms with Gasteiger partial charge in [0.15, 0.2) is 0 Å². The largest absolute Gasteiger partial charge is 0.379 e. The predicted molar refractivity (Wildman–Crippen MR) is 127 cm³/mol. The zero-order valence-electron chi connectivity index (χ0n) is 18.2. The van der Waals surface area contributed by atoms with Gasteiger partial charge in [-0.3, -0.25) is 9.71 Å². The molecule has 0 amide bonds. The Morgan fingerprint density at radius 1 is 0.727 bits per heavy atom. The summed E-state index contributed by atoms with van der Waals surface area (Å²) in [5.74, 6) is -0.0321. The summed E-state index contributed by atoms with van der Waals surface area (Å²) in [5, 5.41) is 0.527. The topological polar surface area (TPSA) is 102 Å². The molecule has 0 spiro atoms. The number of aromatic nitrogens is 1. The van der Waals surface area contributed by atoms with Crippen LogP contribution in [0.4, 0.5) is 5.69 Å². The first-order valence-electron chi connectivity index (χ1n) is 10.1. The summed E-state index contributed by atoms with van der Waals surface area (Å²) in [5.41, 5.74) is 3.01. The summed E-state index contributed by atoms with van der Waals surface area (Å²) in [4.78, 5) is 4.51. The third kappa shape index (κ3) is 4.99. The molecule has 3 aromatic carbocycles. The van der Waals surface area contributed by atoms with E-state index in [9.17, 15) is 16.8 Å². The van der Waals surface area contributed by atoms with Crippen LogP contribution in [0.25, 0.3) is 10.9 Å². The highest BCUT2D eigenvalue weighted by Gasteiger charge is 2.21. The van der Waals surface area contributed by atoms with Crippen LogP contribution in [-0.4, -0.2) is 21.8 Å². The minimum Gasteiger partial charge on any atom is -0.379 e. The van der Waals surface area contributed by atoms with Crippen molar-refractivity contribution in [2.24, 2.45) is 0 Å². The Balaban J connectivity index is 1.78. The third-order valence-electron chi connectivity index (χ3n) is 5.00. The van der Waals surface area contributed by atoms with Gasteiger partial charge in [-0.05, 0) is 57.2 Å². The minimum absolute atomic E-state index is 0.00276. The number of pyridine rings is 1. The van der Waals surface area contributed by atoms with Crippen molar-refractivity contribution in [1.29, 1.82) is 0 Å². The molecule has 0 atom stereocenters. The van der Waals surface area contributed by atoms with Gasteiger partial charge in [0.05, 0.1) is 16.1 Å². The fourth-order valence-electron chi connectivity index (χ4n) is 3.23. The van der Waals surface area contributed by atoms with Crippen molar-refractivity contribution in [3.05, 3.63) is 89.6 Å². The summed E-state index contributed by atoms with van der Waals surface area (Å²) in [6.07, 6.45) is 0. The lowest BCUT2D eigenvalue weighted by atomic mass is 10.1. The lowest BCUT2D eigenvalue weighted by Gasteiger charge is -2.14. The van der Waals surface area contributed by atoms with Crippen molar-refractivity contribution < 1.29 is 21.0 Å². The number of sulfonamides is 1. The average molecular weight is 483 g/mol. The number of benzene rings is 3. The van der Waals surface area contributed by atoms with Crippen LogP contribution in [0.1, 0.15) is 16.8 Å². The van der Waals surface area contributed by atoms with Crippen molar-refractivity contribution >= 4 is 36.7 Å². The smallest absolute Gasteiger partial charge is 0.339 e. The highest BCUT2D eigenvalue weighted by atomic mass is 32.2. The van der Waals surface area contributed by atoms with E-state index in [0.717, 1.165) is 11.1 Å². The second-order valence-corrected chi connectivity index (χ2v) is 11.0. The van der Waals surface area contributed by atoms with Crippen LogP contribution in [-0.2, 0) is 20.1 Å². The molecule has 0 aliphatic heterocycles. The molecule has 4 rings (SSSR count). The number of hydrogen-bond donors (Lipinski definition) is 1. The first-order valence-corrected chi connectivity index (χ1v) is 12.9. The monoisotopic (exact) mass is 482 g/mol. The number of anilines is 1. The Morgan fingerprint density at radius 3 is 1.91 bits per heavy atom. The molecule has 9 heteroatoms. The Labute approximate surface area is 193 Å². The molecular formula is C24H22N2O5S2. The molecule has 0 aliphatic carbocycles. The van der Waals surface area contributed by atoms with Crippen LogP contribution < -0.4 is 8.91 Å². The van der Waals surface area contributed by atoms with Crippen molar-refractivity contribution in [3.63, 3.8) is 0 Å². The van der Waals surface area contributed by atoms with E-state index in [0.29, 0.717) is 16.6 Å².